The molecule has 2 aliphatic carbocycles. The number of esters is 1. The highest BCUT2D eigenvalue weighted by Crippen LogP contribution is 2.48. The lowest BCUT2D eigenvalue weighted by molar-refractivity contribution is -0.142. The summed E-state index contributed by atoms with van der Waals surface area (Å²) in [6.07, 6.45) is 8.05. The third-order valence-electron chi connectivity index (χ3n) is 6.89. The van der Waals surface area contributed by atoms with E-state index in [0.29, 0.717) is 11.8 Å². The van der Waals surface area contributed by atoms with Gasteiger partial charge >= 0.3 is 5.97 Å². The highest BCUT2D eigenvalue weighted by atomic mass is 16.6. The first-order valence-corrected chi connectivity index (χ1v) is 11.2. The second kappa shape index (κ2) is 10.4. The maximum Gasteiger partial charge on any atom is 0.343 e. The van der Waals surface area contributed by atoms with Gasteiger partial charge in [0.25, 0.3) is 0 Å². The number of unbranched alkanes of at least 4 members (excludes halogenated alkanes) is 2. The summed E-state index contributed by atoms with van der Waals surface area (Å²) >= 11 is 0. The monoisotopic (exact) mass is 404 g/mol. The molecule has 29 heavy (non-hydrogen) atoms. The van der Waals surface area contributed by atoms with Crippen LogP contribution in [-0.4, -0.2) is 42.1 Å². The van der Waals surface area contributed by atoms with Gasteiger partial charge in [-0.15, -0.1) is 0 Å². The minimum Gasteiger partial charge on any atom is -0.482 e. The first-order valence-electron chi connectivity index (χ1n) is 11.2. The zero-order valence-electron chi connectivity index (χ0n) is 17.8. The molecule has 1 aromatic rings. The number of methoxy groups -OCH3 is 1. The topological polar surface area (TPSA) is 76.0 Å². The van der Waals surface area contributed by atoms with Crippen LogP contribution in [0.4, 0.5) is 0 Å². The van der Waals surface area contributed by atoms with Gasteiger partial charge in [-0.25, -0.2) is 4.79 Å². The molecular formula is C24H36O5. The van der Waals surface area contributed by atoms with E-state index < -0.39 is 0 Å². The smallest absolute Gasteiger partial charge is 0.343 e. The van der Waals surface area contributed by atoms with E-state index in [0.717, 1.165) is 50.7 Å². The summed E-state index contributed by atoms with van der Waals surface area (Å²) in [6.45, 7) is 2.09. The molecule has 2 unspecified atom stereocenters. The zero-order chi connectivity index (χ0) is 20.8. The van der Waals surface area contributed by atoms with E-state index in [9.17, 15) is 15.0 Å². The summed E-state index contributed by atoms with van der Waals surface area (Å²) in [6, 6.07) is 6.03. The van der Waals surface area contributed by atoms with Crippen LogP contribution in [0.25, 0.3) is 0 Å². The molecule has 3 rings (SSSR count). The van der Waals surface area contributed by atoms with Crippen LogP contribution in [-0.2, 0) is 22.4 Å². The molecule has 0 heterocycles. The molecule has 5 nitrogen and oxygen atoms in total. The molecule has 1 saturated carbocycles. The fourth-order valence-corrected chi connectivity index (χ4v) is 5.29. The average Bonchev–Trinajstić information content (AvgIpc) is 3.02. The number of fused-ring (bicyclic) bond motifs is 2. The number of rotatable bonds is 10. The second-order valence-electron chi connectivity index (χ2n) is 8.78. The van der Waals surface area contributed by atoms with Gasteiger partial charge in [-0.3, -0.25) is 0 Å². The van der Waals surface area contributed by atoms with Crippen molar-refractivity contribution in [2.45, 2.75) is 76.9 Å². The minimum atomic E-state index is -0.384. The fraction of sp³-hybridized carbons (Fsp3) is 0.708. The normalized spacial score (nSPS) is 26.5. The Kier molecular flexibility index (Phi) is 7.96. The Labute approximate surface area is 174 Å². The molecule has 0 bridgehead atoms. The Balaban J connectivity index is 1.62. The quantitative estimate of drug-likeness (QED) is 0.460. The molecule has 2 N–H and O–H groups in total. The number of carbonyl (C=O) groups excluding carboxylic acids is 1. The first-order chi connectivity index (χ1) is 14.0. The summed E-state index contributed by atoms with van der Waals surface area (Å²) in [5, 5.41) is 21.0. The molecule has 5 heteroatoms. The maximum atomic E-state index is 11.4. The molecule has 2 aliphatic rings. The fourth-order valence-electron chi connectivity index (χ4n) is 5.29. The number of benzene rings is 1. The van der Waals surface area contributed by atoms with E-state index >= 15 is 0 Å². The van der Waals surface area contributed by atoms with Crippen LogP contribution in [0.2, 0.25) is 0 Å². The van der Waals surface area contributed by atoms with Gasteiger partial charge < -0.3 is 19.7 Å². The molecule has 0 aliphatic heterocycles. The van der Waals surface area contributed by atoms with Crippen LogP contribution in [0, 0.1) is 17.8 Å². The van der Waals surface area contributed by atoms with Gasteiger partial charge in [0.1, 0.15) is 5.75 Å². The second-order valence-corrected chi connectivity index (χ2v) is 8.78. The highest BCUT2D eigenvalue weighted by molar-refractivity contribution is 5.71. The molecule has 162 valence electrons. The van der Waals surface area contributed by atoms with Crippen LogP contribution < -0.4 is 4.74 Å². The number of aliphatic hydroxyl groups is 2. The van der Waals surface area contributed by atoms with Crippen LogP contribution >= 0.6 is 0 Å². The lowest BCUT2D eigenvalue weighted by Gasteiger charge is -2.32. The zero-order valence-corrected chi connectivity index (χ0v) is 17.8. The molecular weight excluding hydrogens is 368 g/mol. The van der Waals surface area contributed by atoms with E-state index in [1.807, 2.05) is 12.1 Å². The SMILES string of the molecule is CCCCC[C@H](O)CCC1C2Cc3cccc(OCC(=O)OC)c3C[C@H]2C[C@H]1O. The van der Waals surface area contributed by atoms with Gasteiger partial charge in [0.15, 0.2) is 6.61 Å². The largest absolute Gasteiger partial charge is 0.482 e. The van der Waals surface area contributed by atoms with Gasteiger partial charge in [-0.2, -0.15) is 0 Å². The van der Waals surface area contributed by atoms with Crippen molar-refractivity contribution in [2.75, 3.05) is 13.7 Å². The Morgan fingerprint density at radius 2 is 2.07 bits per heavy atom. The highest BCUT2D eigenvalue weighted by Gasteiger charge is 2.44. The van der Waals surface area contributed by atoms with Crippen molar-refractivity contribution < 1.29 is 24.5 Å². The Morgan fingerprint density at radius 3 is 2.83 bits per heavy atom. The van der Waals surface area contributed by atoms with Crippen LogP contribution in [0.3, 0.4) is 0 Å². The first kappa shape index (κ1) is 22.1. The van der Waals surface area contributed by atoms with Crippen LogP contribution in [0.5, 0.6) is 5.75 Å². The van der Waals surface area contributed by atoms with Gasteiger partial charge in [0.2, 0.25) is 0 Å². The van der Waals surface area contributed by atoms with Crippen molar-refractivity contribution in [3.63, 3.8) is 0 Å². The molecule has 0 aromatic heterocycles. The number of ether oxygens (including phenoxy) is 2. The van der Waals surface area contributed by atoms with Crippen molar-refractivity contribution in [3.05, 3.63) is 29.3 Å². The number of carbonyl (C=O) groups is 1. The van der Waals surface area contributed by atoms with Crippen molar-refractivity contribution in [3.8, 4) is 5.75 Å². The predicted octanol–water partition coefficient (Wildman–Crippen LogP) is 3.67. The summed E-state index contributed by atoms with van der Waals surface area (Å²) in [7, 11) is 1.36. The maximum absolute atomic E-state index is 11.4. The van der Waals surface area contributed by atoms with Gasteiger partial charge in [0, 0.05) is 0 Å². The summed E-state index contributed by atoms with van der Waals surface area (Å²) in [5.41, 5.74) is 2.43. The molecule has 0 spiro atoms. The number of hydrogen-bond acceptors (Lipinski definition) is 5. The Morgan fingerprint density at radius 1 is 1.24 bits per heavy atom. The van der Waals surface area contributed by atoms with Crippen LogP contribution in [0.15, 0.2) is 18.2 Å². The lowest BCUT2D eigenvalue weighted by atomic mass is 9.73. The third-order valence-corrected chi connectivity index (χ3v) is 6.89. The summed E-state index contributed by atoms with van der Waals surface area (Å²) < 4.78 is 10.4. The Bertz CT molecular complexity index is 673. The van der Waals surface area contributed by atoms with Gasteiger partial charge in [-0.1, -0.05) is 38.3 Å². The van der Waals surface area contributed by atoms with E-state index in [2.05, 4.69) is 17.7 Å². The van der Waals surface area contributed by atoms with Gasteiger partial charge in [0.05, 0.1) is 19.3 Å². The minimum absolute atomic E-state index is 0.0811. The van der Waals surface area contributed by atoms with E-state index in [4.69, 9.17) is 4.74 Å². The predicted molar refractivity (Wildman–Crippen MR) is 112 cm³/mol. The number of hydrogen-bond donors (Lipinski definition) is 2. The lowest BCUT2D eigenvalue weighted by Crippen LogP contribution is -2.28. The molecule has 1 aromatic carbocycles. The average molecular weight is 405 g/mol. The van der Waals surface area contributed by atoms with Crippen molar-refractivity contribution in [1.29, 1.82) is 0 Å². The summed E-state index contributed by atoms with van der Waals surface area (Å²) in [4.78, 5) is 11.4. The standard InChI is InChI=1S/C24H36O5/c1-3-4-5-8-18(25)10-11-19-20-12-16-7-6-9-23(29-15-24(27)28-2)21(16)13-17(20)14-22(19)26/h6-7,9,17-20,22,25-26H,3-5,8,10-15H2,1-2H3/t17-,18-,19?,20?,22+/m0/s1. The van der Waals surface area contributed by atoms with Crippen molar-refractivity contribution in [2.24, 2.45) is 17.8 Å². The van der Waals surface area contributed by atoms with E-state index in [-0.39, 0.29) is 30.7 Å². The van der Waals surface area contributed by atoms with Gasteiger partial charge in [-0.05, 0) is 73.5 Å². The van der Waals surface area contributed by atoms with Crippen molar-refractivity contribution in [1.82, 2.24) is 0 Å². The van der Waals surface area contributed by atoms with Crippen LogP contribution in [0.1, 0.15) is 63.0 Å². The summed E-state index contributed by atoms with van der Waals surface area (Å²) in [5.74, 6) is 1.52. The van der Waals surface area contributed by atoms with E-state index in [1.54, 1.807) is 0 Å². The Hall–Kier alpha value is -1.59. The molecule has 0 radical (unpaired) electrons. The van der Waals surface area contributed by atoms with Crippen molar-refractivity contribution >= 4 is 5.97 Å². The van der Waals surface area contributed by atoms with E-state index in [1.165, 1.54) is 31.1 Å². The number of aliphatic hydroxyl groups excluding tert-OH is 2. The molecule has 0 saturated heterocycles. The third kappa shape index (κ3) is 5.52. The molecule has 1 fully saturated rings. The molecule has 0 amide bonds. The molecule has 5 atom stereocenters.